The van der Waals surface area contributed by atoms with Crippen LogP contribution in [0.3, 0.4) is 0 Å². The number of likely N-dealkylation sites (tertiary alicyclic amines) is 1. The highest BCUT2D eigenvalue weighted by atomic mass is 32.1. The largest absolute Gasteiger partial charge is 0.369 e. The van der Waals surface area contributed by atoms with Gasteiger partial charge in [0.15, 0.2) is 0 Å². The lowest BCUT2D eigenvalue weighted by atomic mass is 10.1. The summed E-state index contributed by atoms with van der Waals surface area (Å²) in [5.41, 5.74) is 5.14. The van der Waals surface area contributed by atoms with Gasteiger partial charge in [-0.2, -0.15) is 12.6 Å². The van der Waals surface area contributed by atoms with Crippen LogP contribution >= 0.6 is 12.6 Å². The maximum absolute atomic E-state index is 11.3. The quantitative estimate of drug-likeness (QED) is 0.614. The first kappa shape index (κ1) is 10.4. The van der Waals surface area contributed by atoms with Crippen molar-refractivity contribution in [1.82, 2.24) is 4.90 Å². The smallest absolute Gasteiger partial charge is 0.223 e. The van der Waals surface area contributed by atoms with Gasteiger partial charge >= 0.3 is 0 Å². The number of thiol groups is 1. The number of hydrogen-bond donors (Lipinski definition) is 2. The zero-order chi connectivity index (χ0) is 9.84. The highest BCUT2D eigenvalue weighted by Gasteiger charge is 2.28. The van der Waals surface area contributed by atoms with Crippen LogP contribution in [0.1, 0.15) is 12.8 Å². The molecule has 5 heteroatoms. The van der Waals surface area contributed by atoms with Crippen LogP contribution in [0.25, 0.3) is 0 Å². The number of primary amides is 1. The van der Waals surface area contributed by atoms with Crippen LogP contribution in [0.5, 0.6) is 0 Å². The molecule has 2 N–H and O–H groups in total. The number of hydrogen-bond acceptors (Lipinski definition) is 3. The number of nitrogens with two attached hydrogens (primary N) is 1. The Balaban J connectivity index is 2.40. The summed E-state index contributed by atoms with van der Waals surface area (Å²) >= 11 is 3.98. The highest BCUT2D eigenvalue weighted by molar-refractivity contribution is 7.80. The van der Waals surface area contributed by atoms with Crippen LogP contribution in [0.2, 0.25) is 0 Å². The first-order valence-electron chi connectivity index (χ1n) is 4.33. The van der Waals surface area contributed by atoms with Crippen LogP contribution in [0.4, 0.5) is 0 Å². The van der Waals surface area contributed by atoms with Gasteiger partial charge in [-0.05, 0) is 12.2 Å². The lowest BCUT2D eigenvalue weighted by Crippen LogP contribution is -2.31. The number of carbonyl (C=O) groups is 2. The third-order valence-corrected chi connectivity index (χ3v) is 2.49. The summed E-state index contributed by atoms with van der Waals surface area (Å²) in [7, 11) is 0. The Labute approximate surface area is 82.9 Å². The molecule has 4 nitrogen and oxygen atoms in total. The Morgan fingerprint density at radius 1 is 1.54 bits per heavy atom. The maximum atomic E-state index is 11.3. The molecule has 0 radical (unpaired) electrons. The van der Waals surface area contributed by atoms with Gasteiger partial charge in [0.2, 0.25) is 11.8 Å². The van der Waals surface area contributed by atoms with E-state index in [0.29, 0.717) is 31.7 Å². The number of rotatable bonds is 3. The minimum absolute atomic E-state index is 0.0683. The number of carbonyl (C=O) groups excluding carboxylic acids is 2. The van der Waals surface area contributed by atoms with Crippen molar-refractivity contribution in [2.45, 2.75) is 12.8 Å². The van der Waals surface area contributed by atoms with Crippen molar-refractivity contribution in [1.29, 1.82) is 0 Å². The molecule has 0 aliphatic carbocycles. The summed E-state index contributed by atoms with van der Waals surface area (Å²) in [5, 5.41) is 0. The van der Waals surface area contributed by atoms with E-state index in [1.54, 1.807) is 4.90 Å². The third kappa shape index (κ3) is 2.62. The Hall–Kier alpha value is -0.710. The highest BCUT2D eigenvalue weighted by Crippen LogP contribution is 2.16. The summed E-state index contributed by atoms with van der Waals surface area (Å²) < 4.78 is 0. The molecule has 0 bridgehead atoms. The van der Waals surface area contributed by atoms with E-state index in [0.717, 1.165) is 0 Å². The van der Waals surface area contributed by atoms with Gasteiger partial charge in [-0.25, -0.2) is 0 Å². The standard InChI is InChI=1S/C8H14N2O2S/c9-8(12)6-1-3-10(5-6)7(11)2-4-13/h6,13H,1-5H2,(H2,9,12). The van der Waals surface area contributed by atoms with Gasteiger partial charge in [-0.15, -0.1) is 0 Å². The van der Waals surface area contributed by atoms with E-state index in [2.05, 4.69) is 12.6 Å². The Morgan fingerprint density at radius 3 is 2.69 bits per heavy atom. The number of nitrogens with zero attached hydrogens (tertiary/aromatic N) is 1. The summed E-state index contributed by atoms with van der Waals surface area (Å²) in [4.78, 5) is 23.8. The van der Waals surface area contributed by atoms with E-state index in [1.165, 1.54) is 0 Å². The lowest BCUT2D eigenvalue weighted by molar-refractivity contribution is -0.130. The van der Waals surface area contributed by atoms with Crippen LogP contribution < -0.4 is 5.73 Å². The average Bonchev–Trinajstić information content (AvgIpc) is 2.52. The second-order valence-electron chi connectivity index (χ2n) is 3.20. The van der Waals surface area contributed by atoms with E-state index in [-0.39, 0.29) is 17.7 Å². The van der Waals surface area contributed by atoms with Crippen LogP contribution in [-0.2, 0) is 9.59 Å². The molecule has 2 amide bonds. The summed E-state index contributed by atoms with van der Waals surface area (Å²) in [5.74, 6) is 0.167. The van der Waals surface area contributed by atoms with Gasteiger partial charge in [0.05, 0.1) is 5.92 Å². The van der Waals surface area contributed by atoms with Gasteiger partial charge in [-0.1, -0.05) is 0 Å². The van der Waals surface area contributed by atoms with Crippen molar-refractivity contribution in [2.24, 2.45) is 11.7 Å². The van der Waals surface area contributed by atoms with Crippen molar-refractivity contribution in [2.75, 3.05) is 18.8 Å². The molecular weight excluding hydrogens is 188 g/mol. The second kappa shape index (κ2) is 4.50. The fourth-order valence-electron chi connectivity index (χ4n) is 1.47. The molecule has 1 rings (SSSR count). The maximum Gasteiger partial charge on any atom is 0.223 e. The SMILES string of the molecule is NC(=O)C1CCN(C(=O)CCS)C1. The molecule has 0 aromatic rings. The molecule has 1 unspecified atom stereocenters. The van der Waals surface area contributed by atoms with E-state index in [1.807, 2.05) is 0 Å². The molecule has 1 atom stereocenters. The molecule has 1 heterocycles. The predicted molar refractivity (Wildman–Crippen MR) is 52.4 cm³/mol. The minimum Gasteiger partial charge on any atom is -0.369 e. The van der Waals surface area contributed by atoms with E-state index < -0.39 is 0 Å². The number of amides is 2. The van der Waals surface area contributed by atoms with Gasteiger partial charge < -0.3 is 10.6 Å². The second-order valence-corrected chi connectivity index (χ2v) is 3.65. The normalized spacial score (nSPS) is 21.9. The first-order chi connectivity index (χ1) is 6.15. The Bertz CT molecular complexity index is 220. The molecule has 0 spiro atoms. The van der Waals surface area contributed by atoms with Crippen molar-refractivity contribution < 1.29 is 9.59 Å². The van der Waals surface area contributed by atoms with E-state index >= 15 is 0 Å². The Morgan fingerprint density at radius 2 is 2.23 bits per heavy atom. The fourth-order valence-corrected chi connectivity index (χ4v) is 1.66. The molecule has 0 aromatic heterocycles. The molecule has 1 fully saturated rings. The zero-order valence-electron chi connectivity index (χ0n) is 7.40. The summed E-state index contributed by atoms with van der Waals surface area (Å²) in [6.45, 7) is 1.14. The topological polar surface area (TPSA) is 63.4 Å². The molecule has 0 saturated carbocycles. The molecular formula is C8H14N2O2S. The van der Waals surface area contributed by atoms with Gasteiger partial charge in [0.25, 0.3) is 0 Å². The Kier molecular flexibility index (Phi) is 3.59. The molecule has 74 valence electrons. The van der Waals surface area contributed by atoms with Crippen LogP contribution in [0, 0.1) is 5.92 Å². The lowest BCUT2D eigenvalue weighted by Gasteiger charge is -2.14. The van der Waals surface area contributed by atoms with E-state index in [9.17, 15) is 9.59 Å². The first-order valence-corrected chi connectivity index (χ1v) is 4.96. The van der Waals surface area contributed by atoms with Gasteiger partial charge in [0, 0.05) is 19.5 Å². The van der Waals surface area contributed by atoms with Gasteiger partial charge in [0.1, 0.15) is 0 Å². The summed E-state index contributed by atoms with van der Waals surface area (Å²) in [6.07, 6.45) is 1.14. The monoisotopic (exact) mass is 202 g/mol. The third-order valence-electron chi connectivity index (χ3n) is 2.27. The predicted octanol–water partition coefficient (Wildman–Crippen LogP) is -0.360. The van der Waals surface area contributed by atoms with Crippen molar-refractivity contribution in [3.8, 4) is 0 Å². The van der Waals surface area contributed by atoms with Crippen LogP contribution in [0.15, 0.2) is 0 Å². The molecule has 1 aliphatic heterocycles. The van der Waals surface area contributed by atoms with Crippen molar-refractivity contribution >= 4 is 24.4 Å². The average molecular weight is 202 g/mol. The summed E-state index contributed by atoms with van der Waals surface area (Å²) in [6, 6.07) is 0. The van der Waals surface area contributed by atoms with Crippen molar-refractivity contribution in [3.63, 3.8) is 0 Å². The van der Waals surface area contributed by atoms with E-state index in [4.69, 9.17) is 5.73 Å². The van der Waals surface area contributed by atoms with Crippen molar-refractivity contribution in [3.05, 3.63) is 0 Å². The van der Waals surface area contributed by atoms with Gasteiger partial charge in [-0.3, -0.25) is 9.59 Å². The minimum atomic E-state index is -0.304. The zero-order valence-corrected chi connectivity index (χ0v) is 8.30. The molecule has 0 aromatic carbocycles. The molecule has 1 aliphatic rings. The van der Waals surface area contributed by atoms with Crippen LogP contribution in [-0.4, -0.2) is 35.6 Å². The molecule has 1 saturated heterocycles. The molecule has 13 heavy (non-hydrogen) atoms. The fraction of sp³-hybridized carbons (Fsp3) is 0.750.